The lowest BCUT2D eigenvalue weighted by atomic mass is 9.88. The number of aryl methyl sites for hydroxylation is 2. The molecule has 0 spiro atoms. The molecule has 1 aliphatic heterocycles. The third-order valence-corrected chi connectivity index (χ3v) is 9.36. The van der Waals surface area contributed by atoms with Crippen molar-refractivity contribution in [2.75, 3.05) is 54.0 Å². The quantitative estimate of drug-likeness (QED) is 0.108. The van der Waals surface area contributed by atoms with Gasteiger partial charge in [0.15, 0.2) is 5.75 Å². The van der Waals surface area contributed by atoms with Gasteiger partial charge in [-0.25, -0.2) is 0 Å². The molecule has 2 heterocycles. The lowest BCUT2D eigenvalue weighted by Gasteiger charge is -2.33. The van der Waals surface area contributed by atoms with E-state index in [0.29, 0.717) is 71.5 Å². The summed E-state index contributed by atoms with van der Waals surface area (Å²) in [5.74, 6) is 1.11. The van der Waals surface area contributed by atoms with Crippen LogP contribution in [0.15, 0.2) is 54.2 Å². The van der Waals surface area contributed by atoms with Crippen LogP contribution in [0.3, 0.4) is 0 Å². The molecule has 0 bridgehead atoms. The fraction of sp³-hybridized carbons (Fsp3) is 0.459. The number of carbonyl (C=O) groups excluding carboxylic acids is 1. The van der Waals surface area contributed by atoms with Gasteiger partial charge >= 0.3 is 0 Å². The molecule has 9 nitrogen and oxygen atoms in total. The Balaban J connectivity index is 1.34. The number of aromatic nitrogens is 1. The fourth-order valence-corrected chi connectivity index (χ4v) is 6.81. The van der Waals surface area contributed by atoms with Gasteiger partial charge in [0.1, 0.15) is 25.8 Å². The molecule has 12 heteroatoms. The molecule has 2 aliphatic rings. The summed E-state index contributed by atoms with van der Waals surface area (Å²) in [6.07, 6.45) is 5.91. The normalized spacial score (nSPS) is 16.2. The van der Waals surface area contributed by atoms with Crippen molar-refractivity contribution in [1.29, 1.82) is 0 Å². The molecular formula is C37H44Cl3N3O6. The zero-order valence-electron chi connectivity index (χ0n) is 28.2. The zero-order chi connectivity index (χ0) is 34.8. The molecule has 1 aromatic heterocycles. The lowest BCUT2D eigenvalue weighted by molar-refractivity contribution is -0.129. The van der Waals surface area contributed by atoms with Gasteiger partial charge in [-0.2, -0.15) is 0 Å². The van der Waals surface area contributed by atoms with Crippen molar-refractivity contribution in [3.8, 4) is 11.5 Å². The molecule has 1 saturated carbocycles. The number of methoxy groups -OCH3 is 2. The minimum Gasteiger partial charge on any atom is -0.490 e. The molecule has 1 fully saturated rings. The number of ether oxygens (including phenoxy) is 5. The highest BCUT2D eigenvalue weighted by atomic mass is 35.5. The van der Waals surface area contributed by atoms with Crippen LogP contribution in [0.1, 0.15) is 48.1 Å². The molecule has 0 saturated heterocycles. The fourth-order valence-electron chi connectivity index (χ4n) is 5.94. The Bertz CT molecular complexity index is 1580. The lowest BCUT2D eigenvalue weighted by Crippen LogP contribution is -2.47. The second kappa shape index (κ2) is 18.4. The number of hydrogen-bond donors (Lipinski definition) is 1. The molecule has 3 aromatic rings. The summed E-state index contributed by atoms with van der Waals surface area (Å²) in [7, 11) is 3.28. The van der Waals surface area contributed by atoms with Crippen LogP contribution < -0.4 is 14.8 Å². The largest absolute Gasteiger partial charge is 0.490 e. The van der Waals surface area contributed by atoms with E-state index < -0.39 is 0 Å². The van der Waals surface area contributed by atoms with E-state index in [4.69, 9.17) is 58.5 Å². The number of pyridine rings is 1. The van der Waals surface area contributed by atoms with Crippen LogP contribution >= 0.6 is 34.8 Å². The molecule has 2 aromatic carbocycles. The summed E-state index contributed by atoms with van der Waals surface area (Å²) in [6.45, 7) is 4.70. The van der Waals surface area contributed by atoms with E-state index >= 15 is 0 Å². The highest BCUT2D eigenvalue weighted by Gasteiger charge is 2.38. The maximum Gasteiger partial charge on any atom is 0.252 e. The van der Waals surface area contributed by atoms with Crippen LogP contribution in [-0.4, -0.2) is 81.9 Å². The summed E-state index contributed by atoms with van der Waals surface area (Å²) in [5, 5.41) is 5.00. The first kappa shape index (κ1) is 37.4. The van der Waals surface area contributed by atoms with Crippen LogP contribution in [-0.2, 0) is 32.0 Å². The third kappa shape index (κ3) is 10.3. The molecule has 264 valence electrons. The molecule has 1 aliphatic carbocycles. The van der Waals surface area contributed by atoms with Crippen molar-refractivity contribution >= 4 is 46.3 Å². The number of carbonyl (C=O) groups is 1. The molecule has 0 unspecified atom stereocenters. The first-order chi connectivity index (χ1) is 23.8. The van der Waals surface area contributed by atoms with Gasteiger partial charge in [-0.1, -0.05) is 46.9 Å². The zero-order valence-corrected chi connectivity index (χ0v) is 30.5. The van der Waals surface area contributed by atoms with E-state index in [1.165, 1.54) is 0 Å². The summed E-state index contributed by atoms with van der Waals surface area (Å²) < 4.78 is 27.9. The number of nitrogens with one attached hydrogen (secondary N) is 1. The monoisotopic (exact) mass is 731 g/mol. The van der Waals surface area contributed by atoms with Crippen molar-refractivity contribution in [3.63, 3.8) is 0 Å². The number of hydrogen-bond acceptors (Lipinski definition) is 8. The standard InChI is InChI=1S/C37H44Cl3N3O6/c1-24-17-31(38)36(32(39)18-24)49-16-15-48-29-10-6-25(7-11-29)30-12-13-41-34(22-47-23-46-3)35(30)37(44)43(28-8-9-28)21-26-19-27(5-4-14-45-2)42-20-33(26)40/h6-7,10-11,17-20,28,34,41H,4-5,8-9,12-16,21-23H2,1-3H3/t34-/m1/s1. The molecule has 1 amide bonds. The molecule has 1 N–H and O–H groups in total. The van der Waals surface area contributed by atoms with Crippen molar-refractivity contribution in [3.05, 3.63) is 91.7 Å². The first-order valence-electron chi connectivity index (χ1n) is 16.6. The SMILES string of the molecule is COCCCc1cc(CN(C(=O)C2=C(c3ccc(OCCOc4c(Cl)cc(C)cc4Cl)cc3)CCN[C@@H]2COCOC)C2CC2)c(Cl)cn1. The first-order valence-corrected chi connectivity index (χ1v) is 17.7. The van der Waals surface area contributed by atoms with Crippen molar-refractivity contribution in [2.24, 2.45) is 0 Å². The Hall–Kier alpha value is -2.89. The van der Waals surface area contributed by atoms with E-state index in [0.717, 1.165) is 53.6 Å². The highest BCUT2D eigenvalue weighted by Crippen LogP contribution is 2.36. The second-order valence-corrected chi connectivity index (χ2v) is 13.5. The van der Waals surface area contributed by atoms with E-state index in [1.54, 1.807) is 20.4 Å². The maximum absolute atomic E-state index is 14.7. The second-order valence-electron chi connectivity index (χ2n) is 12.2. The van der Waals surface area contributed by atoms with Gasteiger partial charge in [0.05, 0.1) is 27.7 Å². The Morgan fingerprint density at radius 2 is 1.69 bits per heavy atom. The molecule has 5 rings (SSSR count). The smallest absolute Gasteiger partial charge is 0.252 e. The van der Waals surface area contributed by atoms with Gasteiger partial charge in [0.2, 0.25) is 0 Å². The third-order valence-electron chi connectivity index (χ3n) is 8.46. The Kier molecular flexibility index (Phi) is 14.0. The van der Waals surface area contributed by atoms with E-state index in [-0.39, 0.29) is 31.4 Å². The highest BCUT2D eigenvalue weighted by molar-refractivity contribution is 6.37. The predicted octanol–water partition coefficient (Wildman–Crippen LogP) is 7.31. The van der Waals surface area contributed by atoms with Gasteiger partial charge < -0.3 is 33.9 Å². The Morgan fingerprint density at radius 1 is 0.959 bits per heavy atom. The molecule has 49 heavy (non-hydrogen) atoms. The van der Waals surface area contributed by atoms with E-state index in [9.17, 15) is 4.79 Å². The van der Waals surface area contributed by atoms with Gasteiger partial charge in [0, 0.05) is 50.9 Å². The van der Waals surface area contributed by atoms with Crippen LogP contribution in [0.4, 0.5) is 0 Å². The van der Waals surface area contributed by atoms with Crippen molar-refractivity contribution < 1.29 is 28.5 Å². The topological polar surface area (TPSA) is 91.4 Å². The number of halogens is 3. The van der Waals surface area contributed by atoms with Gasteiger partial charge in [-0.15, -0.1) is 0 Å². The average molecular weight is 733 g/mol. The molecule has 1 atom stereocenters. The average Bonchev–Trinajstić information content (AvgIpc) is 3.93. The summed E-state index contributed by atoms with van der Waals surface area (Å²) in [5.41, 5.74) is 5.43. The van der Waals surface area contributed by atoms with Gasteiger partial charge in [0.25, 0.3) is 5.91 Å². The number of nitrogens with zero attached hydrogens (tertiary/aromatic N) is 2. The van der Waals surface area contributed by atoms with Crippen LogP contribution in [0.5, 0.6) is 11.5 Å². The number of amides is 1. The minimum absolute atomic E-state index is 0.0181. The van der Waals surface area contributed by atoms with Gasteiger partial charge in [-0.05, 0) is 98.2 Å². The van der Waals surface area contributed by atoms with Crippen molar-refractivity contribution in [1.82, 2.24) is 15.2 Å². The number of benzene rings is 2. The van der Waals surface area contributed by atoms with Crippen molar-refractivity contribution in [2.45, 2.75) is 57.7 Å². The molecule has 0 radical (unpaired) electrons. The van der Waals surface area contributed by atoms with E-state index in [2.05, 4.69) is 10.3 Å². The van der Waals surface area contributed by atoms with Crippen LogP contribution in [0.2, 0.25) is 15.1 Å². The molecular weight excluding hydrogens is 689 g/mol. The minimum atomic E-state index is -0.307. The van der Waals surface area contributed by atoms with Crippen LogP contribution in [0, 0.1) is 6.92 Å². The van der Waals surface area contributed by atoms with Crippen LogP contribution in [0.25, 0.3) is 5.57 Å². The summed E-state index contributed by atoms with van der Waals surface area (Å²) >= 11 is 19.3. The van der Waals surface area contributed by atoms with E-state index in [1.807, 2.05) is 54.3 Å². The van der Waals surface area contributed by atoms with Gasteiger partial charge in [-0.3, -0.25) is 9.78 Å². The summed E-state index contributed by atoms with van der Waals surface area (Å²) in [4.78, 5) is 21.1. The Morgan fingerprint density at radius 3 is 2.39 bits per heavy atom. The Labute approximate surface area is 303 Å². The predicted molar refractivity (Wildman–Crippen MR) is 193 cm³/mol. The summed E-state index contributed by atoms with van der Waals surface area (Å²) in [6, 6.07) is 13.3. The number of rotatable bonds is 18. The maximum atomic E-state index is 14.7.